The first-order chi connectivity index (χ1) is 23.4. The Morgan fingerprint density at radius 2 is 1.14 bits per heavy atom. The number of nitrogens with one attached hydrogen (secondary N) is 1. The summed E-state index contributed by atoms with van der Waals surface area (Å²) in [7, 11) is 3.06. The van der Waals surface area contributed by atoms with Crippen molar-refractivity contribution in [2.75, 3.05) is 14.1 Å². The number of carboxylic acids is 1. The molecule has 8 N–H and O–H groups in total. The van der Waals surface area contributed by atoms with Gasteiger partial charge in [-0.2, -0.15) is 0 Å². The monoisotopic (exact) mass is 680 g/mol. The largest absolute Gasteiger partial charge is 0.507 e. The number of amides is 1. The summed E-state index contributed by atoms with van der Waals surface area (Å²) in [5, 5.41) is 54.4. The van der Waals surface area contributed by atoms with E-state index in [1.165, 1.54) is 24.3 Å². The number of benzene rings is 2. The Hall–Kier alpha value is -3.98. The summed E-state index contributed by atoms with van der Waals surface area (Å²) in [6, 6.07) is 3.21. The van der Waals surface area contributed by atoms with Gasteiger partial charge >= 0.3 is 5.97 Å². The van der Waals surface area contributed by atoms with E-state index >= 15 is 0 Å². The Labute approximate surface area is 293 Å². The number of hydrogen-bond acceptors (Lipinski definition) is 7. The Balaban J connectivity index is 0.000000324. The van der Waals surface area contributed by atoms with Gasteiger partial charge in [-0.05, 0) is 108 Å². The van der Waals surface area contributed by atoms with E-state index in [0.29, 0.717) is 35.1 Å². The van der Waals surface area contributed by atoms with E-state index in [1.54, 1.807) is 13.1 Å². The predicted octanol–water partition coefficient (Wildman–Crippen LogP) is 8.72. The van der Waals surface area contributed by atoms with Gasteiger partial charge in [0.05, 0.1) is 5.56 Å². The summed E-state index contributed by atoms with van der Waals surface area (Å²) in [5.74, 6) is -1.80. The highest BCUT2D eigenvalue weighted by Crippen LogP contribution is 2.45. The molecule has 0 aliphatic heterocycles. The van der Waals surface area contributed by atoms with Gasteiger partial charge in [0.2, 0.25) is 0 Å². The van der Waals surface area contributed by atoms with Crippen LogP contribution in [0.5, 0.6) is 23.0 Å². The van der Waals surface area contributed by atoms with Crippen molar-refractivity contribution >= 4 is 11.9 Å². The second-order valence-electron chi connectivity index (χ2n) is 13.2. The van der Waals surface area contributed by atoms with Gasteiger partial charge in [0.25, 0.3) is 5.91 Å². The maximum atomic E-state index is 12.3. The lowest BCUT2D eigenvalue weighted by molar-refractivity contribution is 0.0691. The first-order valence-electron chi connectivity index (χ1n) is 18.0. The normalized spacial score (nSPS) is 17.0. The zero-order valence-electron chi connectivity index (χ0n) is 30.5. The highest BCUT2D eigenvalue weighted by atomic mass is 16.4. The lowest BCUT2D eigenvalue weighted by atomic mass is 9.83. The molecule has 9 nitrogen and oxygen atoms in total. The highest BCUT2D eigenvalue weighted by Gasteiger charge is 2.28. The third kappa shape index (κ3) is 11.0. The van der Waals surface area contributed by atoms with Crippen LogP contribution in [0.25, 0.3) is 0 Å². The topological polar surface area (TPSA) is 173 Å². The zero-order chi connectivity index (χ0) is 36.7. The van der Waals surface area contributed by atoms with Crippen molar-refractivity contribution in [1.82, 2.24) is 5.32 Å². The maximum absolute atomic E-state index is 12.3. The summed E-state index contributed by atoms with van der Waals surface area (Å²) < 4.78 is 0. The number of aryl methyl sites for hydroxylation is 2. The molecule has 0 saturated heterocycles. The zero-order valence-corrected chi connectivity index (χ0v) is 30.5. The van der Waals surface area contributed by atoms with E-state index in [2.05, 4.69) is 37.9 Å². The number of aromatic carboxylic acids is 1. The molecule has 0 spiro atoms. The third-order valence-corrected chi connectivity index (χ3v) is 9.45. The maximum Gasteiger partial charge on any atom is 0.339 e. The summed E-state index contributed by atoms with van der Waals surface area (Å²) in [6.45, 7) is 8.29. The highest BCUT2D eigenvalue weighted by molar-refractivity contribution is 5.99. The Morgan fingerprint density at radius 1 is 0.735 bits per heavy atom. The second-order valence-corrected chi connectivity index (χ2v) is 13.2. The Kier molecular flexibility index (Phi) is 17.2. The van der Waals surface area contributed by atoms with Crippen LogP contribution < -0.4 is 11.1 Å². The van der Waals surface area contributed by atoms with Gasteiger partial charge in [0.15, 0.2) is 0 Å². The van der Waals surface area contributed by atoms with Crippen LogP contribution in [-0.4, -0.2) is 51.5 Å². The van der Waals surface area contributed by atoms with E-state index in [4.69, 9.17) is 0 Å². The summed E-state index contributed by atoms with van der Waals surface area (Å²) in [5.41, 5.74) is 9.33. The molecule has 49 heavy (non-hydrogen) atoms. The molecule has 0 fully saturated rings. The minimum absolute atomic E-state index is 0.00921. The summed E-state index contributed by atoms with van der Waals surface area (Å²) in [6.07, 6.45) is 17.1. The van der Waals surface area contributed by atoms with E-state index in [9.17, 15) is 35.1 Å². The smallest absolute Gasteiger partial charge is 0.339 e. The fourth-order valence-electron chi connectivity index (χ4n) is 7.00. The van der Waals surface area contributed by atoms with Crippen molar-refractivity contribution < 1.29 is 35.1 Å². The first-order valence-corrected chi connectivity index (χ1v) is 18.0. The van der Waals surface area contributed by atoms with Crippen LogP contribution in [0.1, 0.15) is 160 Å². The summed E-state index contributed by atoms with van der Waals surface area (Å²) in [4.78, 5) is 24.0. The van der Waals surface area contributed by atoms with Crippen LogP contribution in [0, 0.1) is 0 Å². The third-order valence-electron chi connectivity index (χ3n) is 9.45. The minimum Gasteiger partial charge on any atom is -0.507 e. The van der Waals surface area contributed by atoms with Gasteiger partial charge < -0.3 is 36.6 Å². The van der Waals surface area contributed by atoms with Crippen LogP contribution in [-0.2, 0) is 12.8 Å². The van der Waals surface area contributed by atoms with Crippen molar-refractivity contribution in [3.63, 3.8) is 0 Å². The number of phenolic OH excluding ortho intramolecular Hbond substituents is 3. The molecule has 0 bridgehead atoms. The van der Waals surface area contributed by atoms with Gasteiger partial charge in [0, 0.05) is 30.0 Å². The molecule has 0 radical (unpaired) electrons. The van der Waals surface area contributed by atoms with Crippen molar-refractivity contribution in [2.24, 2.45) is 5.73 Å². The Bertz CT molecular complexity index is 1480. The van der Waals surface area contributed by atoms with Gasteiger partial charge in [-0.25, -0.2) is 4.79 Å². The van der Waals surface area contributed by atoms with E-state index in [1.807, 2.05) is 13.0 Å². The van der Waals surface area contributed by atoms with Gasteiger partial charge in [-0.3, -0.25) is 4.79 Å². The van der Waals surface area contributed by atoms with Crippen LogP contribution in [0.15, 0.2) is 35.4 Å². The SMILES string of the molecule is CCCCCc1cc(O)c(C2C=C(C)CCC2)c(O)c1C(=O)NC.CCCCCc1cc(O)c(C2C=C(C)CCC2)c(O)c1C(=O)O.CN. The number of carbonyl (C=O) groups is 2. The number of carboxylic acid groups (broad SMARTS) is 1. The molecule has 2 aliphatic rings. The van der Waals surface area contributed by atoms with Gasteiger partial charge in [-0.1, -0.05) is 62.8 Å². The first kappa shape index (κ1) is 41.2. The van der Waals surface area contributed by atoms with Crippen LogP contribution in [0.2, 0.25) is 0 Å². The molecule has 2 aromatic carbocycles. The Morgan fingerprint density at radius 3 is 1.51 bits per heavy atom. The molecule has 2 unspecified atom stereocenters. The predicted molar refractivity (Wildman–Crippen MR) is 197 cm³/mol. The van der Waals surface area contributed by atoms with Crippen LogP contribution in [0.3, 0.4) is 0 Å². The average molecular weight is 681 g/mol. The number of hydrogen-bond donors (Lipinski definition) is 7. The number of carbonyl (C=O) groups excluding carboxylic acids is 1. The quantitative estimate of drug-likeness (QED) is 0.0861. The molecule has 9 heteroatoms. The molecule has 4 rings (SSSR count). The molecule has 2 atom stereocenters. The lowest BCUT2D eigenvalue weighted by Crippen LogP contribution is -2.21. The average Bonchev–Trinajstić information content (AvgIpc) is 3.05. The molecule has 2 aromatic rings. The molecule has 0 saturated carbocycles. The standard InChI is InChI=1S/C20H29NO3.C19H26O4.CH5N/c1-4-5-6-9-15-12-16(22)17(14-10-7-8-13(2)11-14)19(23)18(15)20(24)21-3;1-3-4-5-8-14-11-15(20)16(18(21)17(14)19(22)23)13-9-6-7-12(2)10-13;1-2/h11-12,14,22-23H,4-10H2,1-3H3,(H,21,24);10-11,13,20-21H,3-9H2,1-2H3,(H,22,23);2H2,1H3. The summed E-state index contributed by atoms with van der Waals surface area (Å²) >= 11 is 0. The molecule has 272 valence electrons. The van der Waals surface area contributed by atoms with Gasteiger partial charge in [-0.15, -0.1) is 0 Å². The van der Waals surface area contributed by atoms with Crippen LogP contribution in [0.4, 0.5) is 0 Å². The molecule has 0 aromatic heterocycles. The number of allylic oxidation sites excluding steroid dienone is 4. The lowest BCUT2D eigenvalue weighted by Gasteiger charge is -2.24. The fraction of sp³-hybridized carbons (Fsp3) is 0.550. The molecule has 2 aliphatic carbocycles. The molecular weight excluding hydrogens is 620 g/mol. The minimum atomic E-state index is -1.13. The number of nitrogens with two attached hydrogens (primary N) is 1. The van der Waals surface area contributed by atoms with Gasteiger partial charge in [0.1, 0.15) is 28.6 Å². The van der Waals surface area contributed by atoms with Crippen LogP contribution >= 0.6 is 0 Å². The molecular formula is C40H60N2O7. The van der Waals surface area contributed by atoms with Crippen molar-refractivity contribution in [3.05, 3.63) is 68.8 Å². The second kappa shape index (κ2) is 20.5. The number of unbranched alkanes of at least 4 members (excludes halogenated alkanes) is 4. The fourth-order valence-corrected chi connectivity index (χ4v) is 7.00. The van der Waals surface area contributed by atoms with Crippen molar-refractivity contribution in [3.8, 4) is 23.0 Å². The van der Waals surface area contributed by atoms with E-state index < -0.39 is 5.97 Å². The number of aromatic hydroxyl groups is 4. The van der Waals surface area contributed by atoms with E-state index in [0.717, 1.165) is 82.6 Å². The number of rotatable bonds is 12. The van der Waals surface area contributed by atoms with E-state index in [-0.39, 0.29) is 46.3 Å². The van der Waals surface area contributed by atoms with Crippen molar-refractivity contribution in [2.45, 2.75) is 129 Å². The molecule has 0 heterocycles. The molecule has 1 amide bonds. The number of phenols is 4. The van der Waals surface area contributed by atoms with Crippen molar-refractivity contribution in [1.29, 1.82) is 0 Å².